The number of carbonyl (C=O) groups is 1. The molecule has 0 radical (unpaired) electrons. The Hall–Kier alpha value is -0.100. The van der Waals surface area contributed by atoms with Gasteiger partial charge in [0.05, 0.1) is 5.56 Å². The maximum atomic E-state index is 12.6. The molecule has 2 atom stereocenters. The van der Waals surface area contributed by atoms with E-state index in [2.05, 4.69) is 64.6 Å². The second kappa shape index (κ2) is 6.99. The first kappa shape index (κ1) is 17.3. The van der Waals surface area contributed by atoms with Gasteiger partial charge in [-0.1, -0.05) is 33.6 Å². The summed E-state index contributed by atoms with van der Waals surface area (Å²) in [4.78, 5) is 12.6. The molecule has 0 spiro atoms. The van der Waals surface area contributed by atoms with Crippen LogP contribution in [-0.2, 0) is 0 Å². The summed E-state index contributed by atoms with van der Waals surface area (Å²) in [6.07, 6.45) is 4.80. The third-order valence-corrected chi connectivity index (χ3v) is 5.73. The van der Waals surface area contributed by atoms with Gasteiger partial charge in [0.25, 0.3) is 5.91 Å². The fraction of sp³-hybridized carbons (Fsp3) is 0.588. The average molecular weight is 464 g/mol. The van der Waals surface area contributed by atoms with Crippen molar-refractivity contribution in [2.24, 2.45) is 11.3 Å². The molecule has 1 aliphatic carbocycles. The Labute approximate surface area is 149 Å². The van der Waals surface area contributed by atoms with Crippen LogP contribution in [0, 0.1) is 14.9 Å². The molecule has 2 rings (SSSR count). The molecule has 1 saturated carbocycles. The first-order valence-electron chi connectivity index (χ1n) is 7.55. The van der Waals surface area contributed by atoms with E-state index in [1.807, 2.05) is 18.2 Å². The maximum Gasteiger partial charge on any atom is 0.252 e. The number of hydrogen-bond donors (Lipinski definition) is 1. The lowest BCUT2D eigenvalue weighted by atomic mass is 9.69. The van der Waals surface area contributed by atoms with Crippen LogP contribution in [0.2, 0.25) is 0 Å². The predicted octanol–water partition coefficient (Wildman–Crippen LogP) is 5.39. The molecule has 2 nitrogen and oxygen atoms in total. The van der Waals surface area contributed by atoms with Crippen LogP contribution < -0.4 is 5.32 Å². The summed E-state index contributed by atoms with van der Waals surface area (Å²) in [6.45, 7) is 6.84. The summed E-state index contributed by atoms with van der Waals surface area (Å²) in [7, 11) is 0. The van der Waals surface area contributed by atoms with Crippen molar-refractivity contribution in [2.75, 3.05) is 0 Å². The molecule has 21 heavy (non-hydrogen) atoms. The second-order valence-corrected chi connectivity index (χ2v) is 9.06. The number of hydrogen-bond acceptors (Lipinski definition) is 1. The van der Waals surface area contributed by atoms with Gasteiger partial charge in [0.1, 0.15) is 0 Å². The van der Waals surface area contributed by atoms with E-state index in [-0.39, 0.29) is 17.4 Å². The van der Waals surface area contributed by atoms with Gasteiger partial charge in [0.2, 0.25) is 0 Å². The van der Waals surface area contributed by atoms with E-state index in [0.717, 1.165) is 20.0 Å². The highest BCUT2D eigenvalue weighted by Crippen LogP contribution is 2.38. The summed E-state index contributed by atoms with van der Waals surface area (Å²) in [5.74, 6) is 0.596. The largest absolute Gasteiger partial charge is 0.349 e. The average Bonchev–Trinajstić information content (AvgIpc) is 2.41. The van der Waals surface area contributed by atoms with E-state index < -0.39 is 0 Å². The van der Waals surface area contributed by atoms with Gasteiger partial charge in [-0.15, -0.1) is 0 Å². The van der Waals surface area contributed by atoms with Crippen molar-refractivity contribution in [1.29, 1.82) is 0 Å². The van der Waals surface area contributed by atoms with Crippen LogP contribution >= 0.6 is 38.5 Å². The van der Waals surface area contributed by atoms with Crippen LogP contribution in [0.15, 0.2) is 22.7 Å². The number of benzene rings is 1. The molecule has 1 aromatic carbocycles. The van der Waals surface area contributed by atoms with Crippen LogP contribution in [-0.4, -0.2) is 11.9 Å². The van der Waals surface area contributed by atoms with E-state index >= 15 is 0 Å². The zero-order valence-corrected chi connectivity index (χ0v) is 16.6. The molecule has 1 N–H and O–H groups in total. The number of rotatable bonds is 2. The summed E-state index contributed by atoms with van der Waals surface area (Å²) in [5, 5.41) is 3.29. The molecule has 0 aliphatic heterocycles. The zero-order chi connectivity index (χ0) is 15.6. The van der Waals surface area contributed by atoms with Crippen molar-refractivity contribution in [1.82, 2.24) is 5.32 Å². The Bertz CT molecular complexity index is 524. The fourth-order valence-electron chi connectivity index (χ4n) is 3.26. The highest BCUT2D eigenvalue weighted by atomic mass is 127. The van der Waals surface area contributed by atoms with Crippen LogP contribution in [0.4, 0.5) is 0 Å². The standard InChI is InChI=1S/C17H23BrINO/c1-17(2,3)13-6-4-5-7-15(13)20-16(21)12-10-11(19)8-9-14(12)18/h8-10,13,15H,4-7H2,1-3H3,(H,20,21). The van der Waals surface area contributed by atoms with Crippen LogP contribution in [0.25, 0.3) is 0 Å². The molecular formula is C17H23BrINO. The predicted molar refractivity (Wildman–Crippen MR) is 99.5 cm³/mol. The molecule has 1 aromatic rings. The molecule has 1 aliphatic rings. The Balaban J connectivity index is 2.15. The fourth-order valence-corrected chi connectivity index (χ4v) is 4.18. The monoisotopic (exact) mass is 463 g/mol. The molecule has 0 bridgehead atoms. The van der Waals surface area contributed by atoms with E-state index in [1.54, 1.807) is 0 Å². The van der Waals surface area contributed by atoms with Gasteiger partial charge >= 0.3 is 0 Å². The summed E-state index contributed by atoms with van der Waals surface area (Å²) >= 11 is 5.73. The summed E-state index contributed by atoms with van der Waals surface area (Å²) < 4.78 is 1.94. The van der Waals surface area contributed by atoms with Gasteiger partial charge in [-0.25, -0.2) is 0 Å². The molecule has 2 unspecified atom stereocenters. The third kappa shape index (κ3) is 4.44. The van der Waals surface area contributed by atoms with Gasteiger partial charge in [0, 0.05) is 14.1 Å². The number of carbonyl (C=O) groups excluding carboxylic acids is 1. The lowest BCUT2D eigenvalue weighted by Gasteiger charge is -2.40. The molecule has 4 heteroatoms. The topological polar surface area (TPSA) is 29.1 Å². The Morgan fingerprint density at radius 1 is 1.29 bits per heavy atom. The van der Waals surface area contributed by atoms with Gasteiger partial charge in [-0.05, 0) is 80.9 Å². The Morgan fingerprint density at radius 3 is 2.62 bits per heavy atom. The van der Waals surface area contributed by atoms with E-state index in [0.29, 0.717) is 5.92 Å². The molecule has 1 amide bonds. The van der Waals surface area contributed by atoms with Gasteiger partial charge in [-0.3, -0.25) is 4.79 Å². The number of nitrogens with one attached hydrogen (secondary N) is 1. The van der Waals surface area contributed by atoms with E-state index in [9.17, 15) is 4.79 Å². The molecule has 116 valence electrons. The van der Waals surface area contributed by atoms with Gasteiger partial charge in [0.15, 0.2) is 0 Å². The zero-order valence-electron chi connectivity index (χ0n) is 12.9. The lowest BCUT2D eigenvalue weighted by Crippen LogP contribution is -2.46. The third-order valence-electron chi connectivity index (χ3n) is 4.37. The first-order valence-corrected chi connectivity index (χ1v) is 9.42. The van der Waals surface area contributed by atoms with Crippen molar-refractivity contribution >= 4 is 44.4 Å². The van der Waals surface area contributed by atoms with Crippen LogP contribution in [0.5, 0.6) is 0 Å². The molecule has 0 saturated heterocycles. The van der Waals surface area contributed by atoms with Crippen molar-refractivity contribution in [2.45, 2.75) is 52.5 Å². The van der Waals surface area contributed by atoms with E-state index in [4.69, 9.17) is 0 Å². The molecular weight excluding hydrogens is 441 g/mol. The maximum absolute atomic E-state index is 12.6. The minimum absolute atomic E-state index is 0.0431. The molecule has 0 aromatic heterocycles. The minimum Gasteiger partial charge on any atom is -0.349 e. The minimum atomic E-state index is 0.0431. The van der Waals surface area contributed by atoms with Gasteiger partial charge in [-0.2, -0.15) is 0 Å². The van der Waals surface area contributed by atoms with Crippen LogP contribution in [0.1, 0.15) is 56.8 Å². The second-order valence-electron chi connectivity index (χ2n) is 6.96. The first-order chi connectivity index (χ1) is 9.79. The van der Waals surface area contributed by atoms with E-state index in [1.165, 1.54) is 19.3 Å². The quantitative estimate of drug-likeness (QED) is 0.585. The molecule has 0 heterocycles. The van der Waals surface area contributed by atoms with Crippen molar-refractivity contribution in [3.63, 3.8) is 0 Å². The van der Waals surface area contributed by atoms with Crippen molar-refractivity contribution in [3.8, 4) is 0 Å². The number of halogens is 2. The summed E-state index contributed by atoms with van der Waals surface area (Å²) in [5.41, 5.74) is 0.973. The SMILES string of the molecule is CC(C)(C)C1CCCCC1NC(=O)c1cc(I)ccc1Br. The summed E-state index contributed by atoms with van der Waals surface area (Å²) in [6, 6.07) is 6.17. The highest BCUT2D eigenvalue weighted by molar-refractivity contribution is 14.1. The Morgan fingerprint density at radius 2 is 1.95 bits per heavy atom. The Kier molecular flexibility index (Phi) is 5.74. The smallest absolute Gasteiger partial charge is 0.252 e. The normalized spacial score (nSPS) is 22.9. The lowest BCUT2D eigenvalue weighted by molar-refractivity contribution is 0.0829. The van der Waals surface area contributed by atoms with Crippen molar-refractivity contribution < 1.29 is 4.79 Å². The molecule has 1 fully saturated rings. The van der Waals surface area contributed by atoms with Gasteiger partial charge < -0.3 is 5.32 Å². The van der Waals surface area contributed by atoms with Crippen LogP contribution in [0.3, 0.4) is 0 Å². The van der Waals surface area contributed by atoms with Crippen molar-refractivity contribution in [3.05, 3.63) is 31.8 Å². The highest BCUT2D eigenvalue weighted by Gasteiger charge is 2.35. The number of amides is 1.